The summed E-state index contributed by atoms with van der Waals surface area (Å²) in [6.07, 6.45) is 0. The molecule has 0 saturated carbocycles. The van der Waals surface area contributed by atoms with Crippen molar-refractivity contribution in [2.24, 2.45) is 0 Å². The van der Waals surface area contributed by atoms with E-state index in [9.17, 15) is 13.2 Å². The van der Waals surface area contributed by atoms with Gasteiger partial charge in [-0.2, -0.15) is 0 Å². The second kappa shape index (κ2) is 4.97. The van der Waals surface area contributed by atoms with Crippen LogP contribution in [0.3, 0.4) is 0 Å². The Labute approximate surface area is 100 Å². The lowest BCUT2D eigenvalue weighted by Gasteiger charge is -2.10. The summed E-state index contributed by atoms with van der Waals surface area (Å²) in [6, 6.07) is 6.21. The summed E-state index contributed by atoms with van der Waals surface area (Å²) in [4.78, 5) is 11.8. The van der Waals surface area contributed by atoms with Gasteiger partial charge in [0.2, 0.25) is 0 Å². The number of sulfone groups is 1. The summed E-state index contributed by atoms with van der Waals surface area (Å²) < 4.78 is 23.1. The number of carbonyl (C=O) groups excluding carboxylic acids is 1. The average molecular weight is 261 g/mol. The van der Waals surface area contributed by atoms with Gasteiger partial charge in [0, 0.05) is 16.3 Å². The predicted molar refractivity (Wildman–Crippen MR) is 64.7 cm³/mol. The second-order valence-electron chi connectivity index (χ2n) is 3.46. The van der Waals surface area contributed by atoms with Gasteiger partial charge in [0.1, 0.15) is 5.25 Å². The van der Waals surface area contributed by atoms with Crippen LogP contribution in [0.5, 0.6) is 0 Å². The average Bonchev–Trinajstić information content (AvgIpc) is 2.28. The molecule has 0 aliphatic carbocycles. The third-order valence-corrected chi connectivity index (χ3v) is 4.79. The van der Waals surface area contributed by atoms with E-state index in [0.29, 0.717) is 10.6 Å². The van der Waals surface area contributed by atoms with Crippen molar-refractivity contribution < 1.29 is 13.2 Å². The molecule has 1 atom stereocenters. The van der Waals surface area contributed by atoms with E-state index in [1.54, 1.807) is 12.1 Å². The number of rotatable bonds is 4. The van der Waals surface area contributed by atoms with Gasteiger partial charge >= 0.3 is 0 Å². The maximum atomic E-state index is 11.8. The Morgan fingerprint density at radius 1 is 1.31 bits per heavy atom. The van der Waals surface area contributed by atoms with Gasteiger partial charge in [-0.15, -0.1) is 0 Å². The summed E-state index contributed by atoms with van der Waals surface area (Å²) in [6.45, 7) is 2.94. The van der Waals surface area contributed by atoms with Crippen molar-refractivity contribution in [2.75, 3.05) is 5.75 Å². The van der Waals surface area contributed by atoms with Crippen LogP contribution in [0.4, 0.5) is 0 Å². The standard InChI is InChI=1S/C11H13ClO3S/c1-3-16(14,15)8(2)11(13)9-4-6-10(12)7-5-9/h4-8H,3H2,1-2H3. The Balaban J connectivity index is 2.99. The second-order valence-corrected chi connectivity index (χ2v) is 6.51. The normalized spacial score (nSPS) is 13.4. The monoisotopic (exact) mass is 260 g/mol. The molecule has 0 aromatic heterocycles. The van der Waals surface area contributed by atoms with Gasteiger partial charge in [0.15, 0.2) is 15.6 Å². The van der Waals surface area contributed by atoms with Crippen molar-refractivity contribution in [2.45, 2.75) is 19.1 Å². The van der Waals surface area contributed by atoms with Crippen molar-refractivity contribution in [3.63, 3.8) is 0 Å². The van der Waals surface area contributed by atoms with E-state index in [0.717, 1.165) is 0 Å². The lowest BCUT2D eigenvalue weighted by atomic mass is 10.1. The fourth-order valence-corrected chi connectivity index (χ4v) is 2.35. The summed E-state index contributed by atoms with van der Waals surface area (Å²) in [5.41, 5.74) is 0.369. The molecule has 16 heavy (non-hydrogen) atoms. The first kappa shape index (κ1) is 13.2. The molecule has 0 N–H and O–H groups in total. The van der Waals surface area contributed by atoms with Crippen LogP contribution in [-0.2, 0) is 9.84 Å². The Morgan fingerprint density at radius 3 is 2.25 bits per heavy atom. The number of hydrogen-bond acceptors (Lipinski definition) is 3. The predicted octanol–water partition coefficient (Wildman–Crippen LogP) is 2.35. The van der Waals surface area contributed by atoms with Crippen LogP contribution in [-0.4, -0.2) is 25.2 Å². The maximum Gasteiger partial charge on any atom is 0.180 e. The molecule has 0 fully saturated rings. The van der Waals surface area contributed by atoms with Crippen LogP contribution in [0, 0.1) is 0 Å². The van der Waals surface area contributed by atoms with Crippen molar-refractivity contribution in [3.05, 3.63) is 34.9 Å². The molecule has 0 bridgehead atoms. The highest BCUT2D eigenvalue weighted by molar-refractivity contribution is 7.92. The van der Waals surface area contributed by atoms with Crippen LogP contribution in [0.25, 0.3) is 0 Å². The van der Waals surface area contributed by atoms with Gasteiger partial charge in [-0.05, 0) is 31.2 Å². The SMILES string of the molecule is CCS(=O)(=O)C(C)C(=O)c1ccc(Cl)cc1. The minimum Gasteiger partial charge on any atom is -0.293 e. The topological polar surface area (TPSA) is 51.2 Å². The molecule has 0 aliphatic heterocycles. The van der Waals surface area contributed by atoms with Crippen molar-refractivity contribution >= 4 is 27.2 Å². The van der Waals surface area contributed by atoms with Crippen molar-refractivity contribution in [3.8, 4) is 0 Å². The molecule has 0 heterocycles. The molecular formula is C11H13ClO3S. The van der Waals surface area contributed by atoms with E-state index in [4.69, 9.17) is 11.6 Å². The molecular weight excluding hydrogens is 248 g/mol. The quantitative estimate of drug-likeness (QED) is 0.781. The van der Waals surface area contributed by atoms with E-state index in [1.807, 2.05) is 0 Å². The number of halogens is 1. The van der Waals surface area contributed by atoms with Crippen molar-refractivity contribution in [1.29, 1.82) is 0 Å². The first-order chi connectivity index (χ1) is 7.38. The van der Waals surface area contributed by atoms with E-state index >= 15 is 0 Å². The number of benzene rings is 1. The first-order valence-corrected chi connectivity index (χ1v) is 6.99. The molecule has 0 spiro atoms. The molecule has 1 unspecified atom stereocenters. The summed E-state index contributed by atoms with van der Waals surface area (Å²) in [5.74, 6) is -0.424. The Hall–Kier alpha value is -0.870. The zero-order chi connectivity index (χ0) is 12.3. The zero-order valence-corrected chi connectivity index (χ0v) is 10.7. The highest BCUT2D eigenvalue weighted by Gasteiger charge is 2.26. The Bertz CT molecular complexity index is 476. The van der Waals surface area contributed by atoms with Gasteiger partial charge in [-0.1, -0.05) is 18.5 Å². The molecule has 0 saturated heterocycles. The van der Waals surface area contributed by atoms with E-state index < -0.39 is 20.9 Å². The molecule has 1 aromatic rings. The molecule has 1 rings (SSSR count). The molecule has 0 radical (unpaired) electrons. The van der Waals surface area contributed by atoms with Crippen molar-refractivity contribution in [1.82, 2.24) is 0 Å². The van der Waals surface area contributed by atoms with Crippen LogP contribution in [0.2, 0.25) is 5.02 Å². The lowest BCUT2D eigenvalue weighted by molar-refractivity contribution is 0.0991. The van der Waals surface area contributed by atoms with Crippen LogP contribution < -0.4 is 0 Å². The molecule has 1 aromatic carbocycles. The van der Waals surface area contributed by atoms with Gasteiger partial charge in [0.05, 0.1) is 0 Å². The fourth-order valence-electron chi connectivity index (χ4n) is 1.26. The summed E-state index contributed by atoms with van der Waals surface area (Å²) in [5, 5.41) is -0.485. The summed E-state index contributed by atoms with van der Waals surface area (Å²) >= 11 is 5.68. The van der Waals surface area contributed by atoms with E-state index in [1.165, 1.54) is 26.0 Å². The molecule has 5 heteroatoms. The van der Waals surface area contributed by atoms with Crippen LogP contribution in [0.15, 0.2) is 24.3 Å². The zero-order valence-electron chi connectivity index (χ0n) is 9.10. The molecule has 88 valence electrons. The van der Waals surface area contributed by atoms with E-state index in [-0.39, 0.29) is 5.75 Å². The highest BCUT2D eigenvalue weighted by atomic mass is 35.5. The van der Waals surface area contributed by atoms with Gasteiger partial charge in [-0.3, -0.25) is 4.79 Å². The van der Waals surface area contributed by atoms with Gasteiger partial charge in [0.25, 0.3) is 0 Å². The summed E-state index contributed by atoms with van der Waals surface area (Å²) in [7, 11) is -3.34. The lowest BCUT2D eigenvalue weighted by Crippen LogP contribution is -2.28. The molecule has 3 nitrogen and oxygen atoms in total. The molecule has 0 amide bonds. The first-order valence-electron chi connectivity index (χ1n) is 4.90. The number of ketones is 1. The maximum absolute atomic E-state index is 11.8. The minimum atomic E-state index is -3.34. The van der Waals surface area contributed by atoms with Crippen LogP contribution in [0.1, 0.15) is 24.2 Å². The third kappa shape index (κ3) is 2.83. The van der Waals surface area contributed by atoms with Gasteiger partial charge < -0.3 is 0 Å². The number of carbonyl (C=O) groups is 1. The van der Waals surface area contributed by atoms with E-state index in [2.05, 4.69) is 0 Å². The fraction of sp³-hybridized carbons (Fsp3) is 0.364. The number of hydrogen-bond donors (Lipinski definition) is 0. The Kier molecular flexibility index (Phi) is 4.10. The third-order valence-electron chi connectivity index (χ3n) is 2.44. The minimum absolute atomic E-state index is 0.0342. The smallest absolute Gasteiger partial charge is 0.180 e. The largest absolute Gasteiger partial charge is 0.293 e. The number of Topliss-reactive ketones (excluding diaryl/α,β-unsaturated/α-hetero) is 1. The van der Waals surface area contributed by atoms with Gasteiger partial charge in [-0.25, -0.2) is 8.42 Å². The molecule has 0 aliphatic rings. The highest BCUT2D eigenvalue weighted by Crippen LogP contribution is 2.14. The Morgan fingerprint density at radius 2 is 1.81 bits per heavy atom. The van der Waals surface area contributed by atoms with Crippen LogP contribution >= 0.6 is 11.6 Å².